The van der Waals surface area contributed by atoms with E-state index in [1.807, 2.05) is 34.6 Å². The number of carbonyl (C=O) groups is 4. The third-order valence-electron chi connectivity index (χ3n) is 4.10. The van der Waals surface area contributed by atoms with Crippen molar-refractivity contribution in [3.63, 3.8) is 0 Å². The molecule has 0 aromatic carbocycles. The summed E-state index contributed by atoms with van der Waals surface area (Å²) in [6.45, 7) is 11.2. The average molecular weight is 384 g/mol. The molecule has 1 unspecified atom stereocenters. The van der Waals surface area contributed by atoms with Crippen molar-refractivity contribution < 1.29 is 19.2 Å². The van der Waals surface area contributed by atoms with Crippen LogP contribution >= 0.6 is 0 Å². The smallest absolute Gasteiger partial charge is 0.243 e. The second-order valence-electron chi connectivity index (χ2n) is 7.97. The van der Waals surface area contributed by atoms with Crippen LogP contribution in [-0.2, 0) is 19.2 Å². The molecule has 0 saturated carbocycles. The third-order valence-corrected chi connectivity index (χ3v) is 4.10. The lowest BCUT2D eigenvalue weighted by Gasteiger charge is -2.25. The van der Waals surface area contributed by atoms with Crippen LogP contribution in [0.1, 0.15) is 73.6 Å². The van der Waals surface area contributed by atoms with Crippen molar-refractivity contribution in [1.82, 2.24) is 16.0 Å². The molecule has 0 heterocycles. The highest BCUT2D eigenvalue weighted by Crippen LogP contribution is 2.09. The first-order chi connectivity index (χ1) is 12.6. The lowest BCUT2D eigenvalue weighted by Crippen LogP contribution is -2.55. The van der Waals surface area contributed by atoms with Crippen LogP contribution in [-0.4, -0.2) is 42.1 Å². The Hall–Kier alpha value is -1.92. The molecule has 3 amide bonds. The quantitative estimate of drug-likeness (QED) is 0.423. The number of rotatable bonds is 13. The van der Waals surface area contributed by atoms with Crippen LogP contribution in [0.25, 0.3) is 0 Å². The molecule has 0 spiro atoms. The van der Waals surface area contributed by atoms with Crippen LogP contribution in [0.15, 0.2) is 0 Å². The van der Waals surface area contributed by atoms with Crippen molar-refractivity contribution in [2.24, 2.45) is 11.8 Å². The third kappa shape index (κ3) is 11.4. The first kappa shape index (κ1) is 25.1. The number of nitrogens with one attached hydrogen (secondary N) is 3. The van der Waals surface area contributed by atoms with Crippen LogP contribution in [0.5, 0.6) is 0 Å². The number of aldehydes is 1. The summed E-state index contributed by atoms with van der Waals surface area (Å²) in [5, 5.41) is 8.14. The van der Waals surface area contributed by atoms with Gasteiger partial charge in [-0.3, -0.25) is 14.4 Å². The maximum absolute atomic E-state index is 12.7. The number of hydrogen-bond donors (Lipinski definition) is 3. The van der Waals surface area contributed by atoms with E-state index in [1.54, 1.807) is 0 Å². The molecule has 7 heteroatoms. The Bertz CT molecular complexity index is 492. The van der Waals surface area contributed by atoms with E-state index in [2.05, 4.69) is 16.0 Å². The maximum Gasteiger partial charge on any atom is 0.243 e. The van der Waals surface area contributed by atoms with Gasteiger partial charge in [-0.2, -0.15) is 0 Å². The van der Waals surface area contributed by atoms with Gasteiger partial charge in [-0.25, -0.2) is 0 Å². The molecular formula is C20H37N3O4. The predicted molar refractivity (Wildman–Crippen MR) is 106 cm³/mol. The van der Waals surface area contributed by atoms with Gasteiger partial charge in [0.15, 0.2) is 0 Å². The standard InChI is InChI=1S/C20H37N3O4/c1-7-8-9-16(12-24)22-19(26)18(11-14(4)5)23-20(27)17(10-13(2)3)21-15(6)25/h12-14,16-18H,7-11H2,1-6H3,(H,21,25)(H,22,26)(H,23,27)/t16-,17-,18?/m0/s1. The lowest BCUT2D eigenvalue weighted by molar-refractivity contribution is -0.133. The van der Waals surface area contributed by atoms with Crippen molar-refractivity contribution in [3.8, 4) is 0 Å². The van der Waals surface area contributed by atoms with Crippen LogP contribution in [0, 0.1) is 11.8 Å². The predicted octanol–water partition coefficient (Wildman–Crippen LogP) is 1.94. The second kappa shape index (κ2) is 13.3. The van der Waals surface area contributed by atoms with Gasteiger partial charge in [-0.1, -0.05) is 47.5 Å². The van der Waals surface area contributed by atoms with E-state index in [1.165, 1.54) is 6.92 Å². The fourth-order valence-electron chi connectivity index (χ4n) is 2.81. The molecular weight excluding hydrogens is 346 g/mol. The summed E-state index contributed by atoms with van der Waals surface area (Å²) in [7, 11) is 0. The molecule has 0 rings (SSSR count). The molecule has 0 aromatic heterocycles. The molecule has 0 aromatic rings. The summed E-state index contributed by atoms with van der Waals surface area (Å²) >= 11 is 0. The van der Waals surface area contributed by atoms with E-state index in [0.29, 0.717) is 19.3 Å². The summed E-state index contributed by atoms with van der Waals surface area (Å²) in [5.74, 6) is -0.650. The van der Waals surface area contributed by atoms with Crippen LogP contribution in [0.4, 0.5) is 0 Å². The Morgan fingerprint density at radius 3 is 1.74 bits per heavy atom. The van der Waals surface area contributed by atoms with E-state index in [-0.39, 0.29) is 29.6 Å². The summed E-state index contributed by atoms with van der Waals surface area (Å²) in [5.41, 5.74) is 0. The first-order valence-electron chi connectivity index (χ1n) is 9.93. The van der Waals surface area contributed by atoms with Gasteiger partial charge >= 0.3 is 0 Å². The van der Waals surface area contributed by atoms with Gasteiger partial charge in [-0.15, -0.1) is 0 Å². The van der Waals surface area contributed by atoms with E-state index in [0.717, 1.165) is 19.1 Å². The Labute approximate surface area is 163 Å². The molecule has 7 nitrogen and oxygen atoms in total. The van der Waals surface area contributed by atoms with Gasteiger partial charge in [-0.05, 0) is 31.1 Å². The number of unbranched alkanes of at least 4 members (excludes halogenated alkanes) is 1. The molecule has 0 radical (unpaired) electrons. The van der Waals surface area contributed by atoms with Gasteiger partial charge in [0.05, 0.1) is 6.04 Å². The zero-order valence-electron chi connectivity index (χ0n) is 17.6. The topological polar surface area (TPSA) is 104 Å². The first-order valence-corrected chi connectivity index (χ1v) is 9.93. The van der Waals surface area contributed by atoms with Crippen molar-refractivity contribution in [2.75, 3.05) is 0 Å². The highest BCUT2D eigenvalue weighted by Gasteiger charge is 2.28. The summed E-state index contributed by atoms with van der Waals surface area (Å²) in [6.07, 6.45) is 4.01. The van der Waals surface area contributed by atoms with Crippen molar-refractivity contribution >= 4 is 24.0 Å². The molecule has 0 fully saturated rings. The van der Waals surface area contributed by atoms with E-state index in [4.69, 9.17) is 0 Å². The van der Waals surface area contributed by atoms with Crippen molar-refractivity contribution in [1.29, 1.82) is 0 Å². The highest BCUT2D eigenvalue weighted by atomic mass is 16.2. The molecule has 3 atom stereocenters. The van der Waals surface area contributed by atoms with E-state index in [9.17, 15) is 19.2 Å². The van der Waals surface area contributed by atoms with Crippen molar-refractivity contribution in [3.05, 3.63) is 0 Å². The molecule has 0 aliphatic rings. The minimum absolute atomic E-state index is 0.177. The molecule has 0 aliphatic carbocycles. The fraction of sp³-hybridized carbons (Fsp3) is 0.800. The average Bonchev–Trinajstić information content (AvgIpc) is 2.55. The molecule has 27 heavy (non-hydrogen) atoms. The van der Waals surface area contributed by atoms with Gasteiger partial charge in [0.2, 0.25) is 17.7 Å². The molecule has 0 bridgehead atoms. The lowest BCUT2D eigenvalue weighted by atomic mass is 9.99. The van der Waals surface area contributed by atoms with E-state index >= 15 is 0 Å². The second-order valence-corrected chi connectivity index (χ2v) is 7.97. The molecule has 3 N–H and O–H groups in total. The Morgan fingerprint density at radius 2 is 1.33 bits per heavy atom. The normalized spacial score (nSPS) is 14.4. The summed E-state index contributed by atoms with van der Waals surface area (Å²) in [6, 6.07) is -1.98. The molecule has 0 saturated heterocycles. The minimum atomic E-state index is -0.745. The van der Waals surface area contributed by atoms with Crippen LogP contribution < -0.4 is 16.0 Å². The fourth-order valence-corrected chi connectivity index (χ4v) is 2.81. The minimum Gasteiger partial charge on any atom is -0.345 e. The van der Waals surface area contributed by atoms with Gasteiger partial charge < -0.3 is 20.7 Å². The van der Waals surface area contributed by atoms with Gasteiger partial charge in [0, 0.05) is 6.92 Å². The zero-order valence-corrected chi connectivity index (χ0v) is 17.6. The monoisotopic (exact) mass is 383 g/mol. The highest BCUT2D eigenvalue weighted by molar-refractivity contribution is 5.92. The van der Waals surface area contributed by atoms with E-state index < -0.39 is 18.1 Å². The number of amides is 3. The van der Waals surface area contributed by atoms with Crippen LogP contribution in [0.3, 0.4) is 0 Å². The summed E-state index contributed by atoms with van der Waals surface area (Å²) < 4.78 is 0. The van der Waals surface area contributed by atoms with Gasteiger partial charge in [0.25, 0.3) is 0 Å². The SMILES string of the molecule is CCCC[C@@H](C=O)NC(=O)C(CC(C)C)NC(=O)[C@H](CC(C)C)NC(C)=O. The maximum atomic E-state index is 12.7. The number of carbonyl (C=O) groups excluding carboxylic acids is 4. The van der Waals surface area contributed by atoms with Crippen LogP contribution in [0.2, 0.25) is 0 Å². The van der Waals surface area contributed by atoms with Gasteiger partial charge in [0.1, 0.15) is 18.4 Å². The Kier molecular flexibility index (Phi) is 12.3. The Morgan fingerprint density at radius 1 is 0.852 bits per heavy atom. The molecule has 156 valence electrons. The zero-order chi connectivity index (χ0) is 21.0. The largest absolute Gasteiger partial charge is 0.345 e. The molecule has 0 aliphatic heterocycles. The Balaban J connectivity index is 5.14. The van der Waals surface area contributed by atoms with Crippen molar-refractivity contribution in [2.45, 2.75) is 91.8 Å². The summed E-state index contributed by atoms with van der Waals surface area (Å²) in [4.78, 5) is 47.9. The number of hydrogen-bond acceptors (Lipinski definition) is 4.